The van der Waals surface area contributed by atoms with Gasteiger partial charge in [0.25, 0.3) is 0 Å². The fourth-order valence-corrected chi connectivity index (χ4v) is 1.42. The van der Waals surface area contributed by atoms with Crippen LogP contribution in [0.5, 0.6) is 0 Å². The number of carbonyl (C=O) groups is 2. The molecule has 0 unspecified atom stereocenters. The normalized spacial score (nSPS) is 23.6. The lowest BCUT2D eigenvalue weighted by molar-refractivity contribution is -0.160. The van der Waals surface area contributed by atoms with Gasteiger partial charge < -0.3 is 9.47 Å². The first-order valence-corrected chi connectivity index (χ1v) is 4.98. The highest BCUT2D eigenvalue weighted by atomic mass is 16.8. The van der Waals surface area contributed by atoms with E-state index in [1.54, 1.807) is 19.9 Å². The maximum Gasteiger partial charge on any atom is 0.338 e. The molecule has 0 aliphatic carbocycles. The molecule has 1 aliphatic rings. The Bertz CT molecular complexity index is 280. The van der Waals surface area contributed by atoms with Crippen LogP contribution in [-0.2, 0) is 19.1 Å². The second-order valence-electron chi connectivity index (χ2n) is 4.00. The number of allylic oxidation sites excluding steroid dienone is 1. The molecule has 0 spiro atoms. The smallest absolute Gasteiger partial charge is 0.338 e. The molecule has 1 saturated heterocycles. The Balaban J connectivity index is 2.42. The Morgan fingerprint density at radius 3 is 2.73 bits per heavy atom. The fraction of sp³-hybridized carbons (Fsp3) is 0.636. The van der Waals surface area contributed by atoms with Gasteiger partial charge in [-0.3, -0.25) is 4.79 Å². The molecule has 1 rings (SSSR count). The van der Waals surface area contributed by atoms with Gasteiger partial charge in [0.1, 0.15) is 5.78 Å². The third-order valence-corrected chi connectivity index (χ3v) is 2.08. The van der Waals surface area contributed by atoms with Gasteiger partial charge in [-0.2, -0.15) is 0 Å². The van der Waals surface area contributed by atoms with Gasteiger partial charge in [0.05, 0.1) is 0 Å². The van der Waals surface area contributed by atoms with Crippen molar-refractivity contribution < 1.29 is 19.1 Å². The minimum Gasteiger partial charge on any atom is -0.432 e. The Kier molecular flexibility index (Phi) is 3.63. The average molecular weight is 212 g/mol. The highest BCUT2D eigenvalue weighted by Crippen LogP contribution is 2.25. The lowest BCUT2D eigenvalue weighted by Gasteiger charge is -2.14. The molecule has 0 aromatic rings. The first-order chi connectivity index (χ1) is 6.94. The fourth-order valence-electron chi connectivity index (χ4n) is 1.42. The van der Waals surface area contributed by atoms with Gasteiger partial charge in [0.15, 0.2) is 6.10 Å². The van der Waals surface area contributed by atoms with Crippen LogP contribution >= 0.6 is 0 Å². The van der Waals surface area contributed by atoms with Crippen LogP contribution in [0.25, 0.3) is 0 Å². The minimum absolute atomic E-state index is 0.00505. The summed E-state index contributed by atoms with van der Waals surface area (Å²) in [5, 5.41) is 0. The molecule has 0 amide bonds. The molecule has 1 fully saturated rings. The average Bonchev–Trinajstić information content (AvgIpc) is 2.36. The second-order valence-corrected chi connectivity index (χ2v) is 4.00. The van der Waals surface area contributed by atoms with E-state index in [1.165, 1.54) is 0 Å². The molecule has 0 saturated carbocycles. The predicted molar refractivity (Wildman–Crippen MR) is 54.1 cm³/mol. The van der Waals surface area contributed by atoms with Crippen LogP contribution in [0.1, 0.15) is 33.1 Å². The van der Waals surface area contributed by atoms with Gasteiger partial charge in [0, 0.05) is 26.7 Å². The van der Waals surface area contributed by atoms with Crippen LogP contribution in [-0.4, -0.2) is 23.6 Å². The second kappa shape index (κ2) is 4.57. The topological polar surface area (TPSA) is 52.6 Å². The van der Waals surface area contributed by atoms with Crippen LogP contribution in [0, 0.1) is 0 Å². The molecule has 0 radical (unpaired) electrons. The number of esters is 1. The highest BCUT2D eigenvalue weighted by molar-refractivity contribution is 5.86. The van der Waals surface area contributed by atoms with Crippen molar-refractivity contribution in [1.82, 2.24) is 0 Å². The van der Waals surface area contributed by atoms with Crippen LogP contribution in [0.3, 0.4) is 0 Å². The number of ketones is 1. The molecule has 0 bridgehead atoms. The van der Waals surface area contributed by atoms with E-state index < -0.39 is 17.9 Å². The molecule has 4 nitrogen and oxygen atoms in total. The summed E-state index contributed by atoms with van der Waals surface area (Å²) < 4.78 is 10.2. The Morgan fingerprint density at radius 1 is 1.60 bits per heavy atom. The van der Waals surface area contributed by atoms with Gasteiger partial charge in [-0.25, -0.2) is 4.79 Å². The van der Waals surface area contributed by atoms with E-state index in [4.69, 9.17) is 9.47 Å². The lowest BCUT2D eigenvalue weighted by Crippen LogP contribution is -2.23. The van der Waals surface area contributed by atoms with Crippen LogP contribution < -0.4 is 0 Å². The SMILES string of the molecule is C=CCCC(=O)C[C@@H]1OC(C)(C)OC1=O. The van der Waals surface area contributed by atoms with Crippen molar-refractivity contribution in [2.24, 2.45) is 0 Å². The number of cyclic esters (lactones) is 1. The first-order valence-electron chi connectivity index (χ1n) is 4.98. The Morgan fingerprint density at radius 2 is 2.27 bits per heavy atom. The highest BCUT2D eigenvalue weighted by Gasteiger charge is 2.41. The molecule has 0 aromatic heterocycles. The predicted octanol–water partition coefficient (Wildman–Crippen LogP) is 1.59. The molecular weight excluding hydrogens is 196 g/mol. The van der Waals surface area contributed by atoms with Crippen molar-refractivity contribution >= 4 is 11.8 Å². The van der Waals surface area contributed by atoms with Gasteiger partial charge in [-0.05, 0) is 6.42 Å². The summed E-state index contributed by atoms with van der Waals surface area (Å²) in [6.45, 7) is 6.83. The summed E-state index contributed by atoms with van der Waals surface area (Å²) in [7, 11) is 0. The van der Waals surface area contributed by atoms with E-state index in [2.05, 4.69) is 6.58 Å². The van der Waals surface area contributed by atoms with E-state index in [1.807, 2.05) is 0 Å². The van der Waals surface area contributed by atoms with Gasteiger partial charge in [-0.1, -0.05) is 6.08 Å². The quantitative estimate of drug-likeness (QED) is 0.513. The number of rotatable bonds is 5. The van der Waals surface area contributed by atoms with Crippen molar-refractivity contribution in [3.8, 4) is 0 Å². The molecular formula is C11H16O4. The van der Waals surface area contributed by atoms with Gasteiger partial charge in [0.2, 0.25) is 5.79 Å². The number of hydrogen-bond acceptors (Lipinski definition) is 4. The van der Waals surface area contributed by atoms with Crippen molar-refractivity contribution in [2.75, 3.05) is 0 Å². The maximum atomic E-state index is 11.4. The van der Waals surface area contributed by atoms with Gasteiger partial charge in [-0.15, -0.1) is 6.58 Å². The monoisotopic (exact) mass is 212 g/mol. The molecule has 4 heteroatoms. The molecule has 1 aliphatic heterocycles. The lowest BCUT2D eigenvalue weighted by atomic mass is 10.1. The zero-order valence-corrected chi connectivity index (χ0v) is 9.12. The standard InChI is InChI=1S/C11H16O4/c1-4-5-6-8(12)7-9-10(13)15-11(2,3)14-9/h4,9H,1,5-7H2,2-3H3/t9-/m0/s1. The van der Waals surface area contributed by atoms with Crippen molar-refractivity contribution in [3.05, 3.63) is 12.7 Å². The van der Waals surface area contributed by atoms with E-state index in [9.17, 15) is 9.59 Å². The van der Waals surface area contributed by atoms with E-state index in [0.717, 1.165) is 0 Å². The first kappa shape index (κ1) is 11.9. The summed E-state index contributed by atoms with van der Waals surface area (Å²) in [6.07, 6.45) is 2.06. The minimum atomic E-state index is -0.902. The van der Waals surface area contributed by atoms with Crippen molar-refractivity contribution in [1.29, 1.82) is 0 Å². The summed E-state index contributed by atoms with van der Waals surface area (Å²) >= 11 is 0. The van der Waals surface area contributed by atoms with Crippen molar-refractivity contribution in [3.63, 3.8) is 0 Å². The zero-order valence-electron chi connectivity index (χ0n) is 9.12. The summed E-state index contributed by atoms with van der Waals surface area (Å²) in [5.41, 5.74) is 0. The van der Waals surface area contributed by atoms with E-state index >= 15 is 0 Å². The largest absolute Gasteiger partial charge is 0.432 e. The maximum absolute atomic E-state index is 11.4. The number of hydrogen-bond donors (Lipinski definition) is 0. The molecule has 0 N–H and O–H groups in total. The molecule has 1 atom stereocenters. The van der Waals surface area contributed by atoms with Crippen LogP contribution in [0.2, 0.25) is 0 Å². The molecule has 0 aromatic carbocycles. The van der Waals surface area contributed by atoms with Crippen LogP contribution in [0.15, 0.2) is 12.7 Å². The van der Waals surface area contributed by atoms with E-state index in [0.29, 0.717) is 12.8 Å². The van der Waals surface area contributed by atoms with Crippen LogP contribution in [0.4, 0.5) is 0 Å². The van der Waals surface area contributed by atoms with E-state index in [-0.39, 0.29) is 12.2 Å². The Hall–Kier alpha value is -1.16. The summed E-state index contributed by atoms with van der Waals surface area (Å²) in [4.78, 5) is 22.7. The molecule has 15 heavy (non-hydrogen) atoms. The third kappa shape index (κ3) is 3.47. The zero-order chi connectivity index (χ0) is 11.5. The molecule has 84 valence electrons. The Labute approximate surface area is 89.2 Å². The molecule has 1 heterocycles. The number of ether oxygens (including phenoxy) is 2. The van der Waals surface area contributed by atoms with Gasteiger partial charge >= 0.3 is 5.97 Å². The summed E-state index contributed by atoms with van der Waals surface area (Å²) in [5.74, 6) is -1.36. The number of carbonyl (C=O) groups excluding carboxylic acids is 2. The number of Topliss-reactive ketones (excluding diaryl/α,β-unsaturated/α-hetero) is 1. The summed E-state index contributed by atoms with van der Waals surface area (Å²) in [6, 6.07) is 0. The third-order valence-electron chi connectivity index (χ3n) is 2.08. The van der Waals surface area contributed by atoms with Crippen molar-refractivity contribution in [2.45, 2.75) is 45.0 Å².